The van der Waals surface area contributed by atoms with Crippen LogP contribution in [0.25, 0.3) is 10.2 Å². The molecular formula is C26H33N5O2S. The largest absolute Gasteiger partial charge is 0.495 e. The molecule has 0 unspecified atom stereocenters. The van der Waals surface area contributed by atoms with E-state index in [9.17, 15) is 4.79 Å². The van der Waals surface area contributed by atoms with Crippen molar-refractivity contribution in [2.45, 2.75) is 33.6 Å². The van der Waals surface area contributed by atoms with Gasteiger partial charge in [0.25, 0.3) is 5.91 Å². The van der Waals surface area contributed by atoms with Crippen LogP contribution in [0.4, 0.5) is 11.5 Å². The van der Waals surface area contributed by atoms with E-state index in [0.29, 0.717) is 13.1 Å². The van der Waals surface area contributed by atoms with Gasteiger partial charge in [-0.05, 0) is 50.3 Å². The lowest BCUT2D eigenvalue weighted by molar-refractivity contribution is 0.0751. The molecule has 1 amide bonds. The van der Waals surface area contributed by atoms with Crippen LogP contribution < -0.4 is 14.5 Å². The quantitative estimate of drug-likeness (QED) is 0.549. The zero-order valence-electron chi connectivity index (χ0n) is 20.5. The van der Waals surface area contributed by atoms with Gasteiger partial charge >= 0.3 is 0 Å². The summed E-state index contributed by atoms with van der Waals surface area (Å²) in [5, 5.41) is 1.06. The zero-order valence-corrected chi connectivity index (χ0v) is 21.3. The van der Waals surface area contributed by atoms with Crippen molar-refractivity contribution in [2.24, 2.45) is 5.92 Å². The number of aryl methyl sites for hydroxylation is 2. The number of carbonyl (C=O) groups excluding carboxylic acids is 1. The standard InChI is InChI=1S/C26H33N5O2S/c1-17-9-11-30(12-10-17)24-22-18(2)23(34-25(22)28-19(3)27-24)26(32)31-15-13-29(14-16-31)20-7-5-6-8-21(20)33-4/h5-8,17H,9-16H2,1-4H3. The van der Waals surface area contributed by atoms with Crippen molar-refractivity contribution in [3.63, 3.8) is 0 Å². The van der Waals surface area contributed by atoms with Crippen molar-refractivity contribution < 1.29 is 9.53 Å². The Morgan fingerprint density at radius 1 is 1.00 bits per heavy atom. The molecule has 1 aromatic carbocycles. The van der Waals surface area contributed by atoms with Crippen LogP contribution in [0, 0.1) is 19.8 Å². The number of methoxy groups -OCH3 is 1. The summed E-state index contributed by atoms with van der Waals surface area (Å²) in [6.07, 6.45) is 2.35. The fourth-order valence-electron chi connectivity index (χ4n) is 5.06. The number of hydrogen-bond acceptors (Lipinski definition) is 7. The van der Waals surface area contributed by atoms with Crippen LogP contribution in [0.2, 0.25) is 0 Å². The Bertz CT molecular complexity index is 1190. The maximum atomic E-state index is 13.6. The number of hydrogen-bond donors (Lipinski definition) is 0. The van der Waals surface area contributed by atoms with Gasteiger partial charge in [0.15, 0.2) is 0 Å². The molecule has 0 N–H and O–H groups in total. The molecule has 0 spiro atoms. The van der Waals surface area contributed by atoms with Crippen LogP contribution in [0.3, 0.4) is 0 Å². The fraction of sp³-hybridized carbons (Fsp3) is 0.500. The minimum absolute atomic E-state index is 0.107. The number of para-hydroxylation sites is 2. The Kier molecular flexibility index (Phi) is 6.34. The van der Waals surface area contributed by atoms with Crippen molar-refractivity contribution >= 4 is 39.0 Å². The molecule has 7 nitrogen and oxygen atoms in total. The molecule has 3 aromatic rings. The molecule has 0 atom stereocenters. The molecule has 34 heavy (non-hydrogen) atoms. The molecule has 8 heteroatoms. The second-order valence-electron chi connectivity index (χ2n) is 9.45. The highest BCUT2D eigenvalue weighted by Gasteiger charge is 2.29. The second-order valence-corrected chi connectivity index (χ2v) is 10.5. The number of carbonyl (C=O) groups is 1. The number of amides is 1. The predicted molar refractivity (Wildman–Crippen MR) is 139 cm³/mol. The summed E-state index contributed by atoms with van der Waals surface area (Å²) in [6, 6.07) is 8.07. The van der Waals surface area contributed by atoms with Crippen LogP contribution in [0.5, 0.6) is 5.75 Å². The van der Waals surface area contributed by atoms with Crippen LogP contribution in [0.1, 0.15) is 40.8 Å². The summed E-state index contributed by atoms with van der Waals surface area (Å²) in [6.45, 7) is 11.3. The number of thiophene rings is 1. The van der Waals surface area contributed by atoms with Crippen LogP contribution in [0.15, 0.2) is 24.3 Å². The van der Waals surface area contributed by atoms with E-state index in [2.05, 4.69) is 29.7 Å². The molecule has 0 radical (unpaired) electrons. The topological polar surface area (TPSA) is 61.8 Å². The lowest BCUT2D eigenvalue weighted by Crippen LogP contribution is -2.48. The normalized spacial score (nSPS) is 17.5. The Morgan fingerprint density at radius 2 is 1.71 bits per heavy atom. The summed E-state index contributed by atoms with van der Waals surface area (Å²) in [5.74, 6) is 3.51. The van der Waals surface area contributed by atoms with E-state index >= 15 is 0 Å². The van der Waals surface area contributed by atoms with Gasteiger partial charge in [-0.15, -0.1) is 11.3 Å². The number of aromatic nitrogens is 2. The Labute approximate surface area is 205 Å². The van der Waals surface area contributed by atoms with E-state index in [1.54, 1.807) is 7.11 Å². The Hall–Kier alpha value is -2.87. The number of anilines is 2. The first kappa shape index (κ1) is 22.9. The van der Waals surface area contributed by atoms with Gasteiger partial charge in [0.1, 0.15) is 22.2 Å². The number of nitrogens with zero attached hydrogens (tertiary/aromatic N) is 5. The molecule has 0 bridgehead atoms. The van der Waals surface area contributed by atoms with Gasteiger partial charge in [-0.25, -0.2) is 9.97 Å². The van der Waals surface area contributed by atoms with Crippen molar-refractivity contribution in [1.82, 2.24) is 14.9 Å². The monoisotopic (exact) mass is 479 g/mol. The van der Waals surface area contributed by atoms with E-state index in [4.69, 9.17) is 14.7 Å². The van der Waals surface area contributed by atoms with Gasteiger partial charge in [0.2, 0.25) is 0 Å². The van der Waals surface area contributed by atoms with E-state index in [-0.39, 0.29) is 5.91 Å². The van der Waals surface area contributed by atoms with E-state index in [0.717, 1.165) is 75.8 Å². The minimum atomic E-state index is 0.107. The molecule has 0 aliphatic carbocycles. The first-order valence-electron chi connectivity index (χ1n) is 12.2. The highest BCUT2D eigenvalue weighted by Crippen LogP contribution is 2.37. The zero-order chi connectivity index (χ0) is 23.8. The first-order valence-corrected chi connectivity index (χ1v) is 13.0. The van der Waals surface area contributed by atoms with Crippen molar-refractivity contribution in [3.8, 4) is 5.75 Å². The number of ether oxygens (including phenoxy) is 1. The molecule has 2 fully saturated rings. The van der Waals surface area contributed by atoms with Crippen molar-refractivity contribution in [1.29, 1.82) is 0 Å². The number of fused-ring (bicyclic) bond motifs is 1. The van der Waals surface area contributed by atoms with Crippen molar-refractivity contribution in [3.05, 3.63) is 40.5 Å². The average Bonchev–Trinajstić information content (AvgIpc) is 3.19. The lowest BCUT2D eigenvalue weighted by atomic mass is 9.99. The molecule has 0 saturated carbocycles. The van der Waals surface area contributed by atoms with Crippen LogP contribution in [-0.2, 0) is 0 Å². The van der Waals surface area contributed by atoms with Gasteiger partial charge in [-0.3, -0.25) is 4.79 Å². The molecule has 4 heterocycles. The minimum Gasteiger partial charge on any atom is -0.495 e. The maximum Gasteiger partial charge on any atom is 0.264 e. The number of rotatable bonds is 4. The average molecular weight is 480 g/mol. The van der Waals surface area contributed by atoms with Crippen LogP contribution in [-0.4, -0.2) is 67.2 Å². The highest BCUT2D eigenvalue weighted by molar-refractivity contribution is 7.20. The Balaban J connectivity index is 1.38. The van der Waals surface area contributed by atoms with E-state index in [1.165, 1.54) is 24.2 Å². The molecule has 2 aliphatic rings. The molecule has 2 saturated heterocycles. The van der Waals surface area contributed by atoms with Gasteiger partial charge in [0, 0.05) is 39.3 Å². The molecule has 2 aromatic heterocycles. The third-order valence-corrected chi connectivity index (χ3v) is 8.33. The van der Waals surface area contributed by atoms with Gasteiger partial charge in [-0.2, -0.15) is 0 Å². The Morgan fingerprint density at radius 3 is 2.41 bits per heavy atom. The summed E-state index contributed by atoms with van der Waals surface area (Å²) >= 11 is 1.52. The fourth-order valence-corrected chi connectivity index (χ4v) is 6.25. The third kappa shape index (κ3) is 4.19. The van der Waals surface area contributed by atoms with E-state index in [1.807, 2.05) is 30.0 Å². The smallest absolute Gasteiger partial charge is 0.264 e. The number of benzene rings is 1. The number of piperazine rings is 1. The predicted octanol–water partition coefficient (Wildman–Crippen LogP) is 4.52. The van der Waals surface area contributed by atoms with Gasteiger partial charge in [0.05, 0.1) is 23.1 Å². The summed E-state index contributed by atoms with van der Waals surface area (Å²) in [7, 11) is 1.70. The maximum absolute atomic E-state index is 13.6. The highest BCUT2D eigenvalue weighted by atomic mass is 32.1. The summed E-state index contributed by atoms with van der Waals surface area (Å²) in [4.78, 5) is 31.5. The first-order chi connectivity index (χ1) is 16.5. The number of piperidine rings is 1. The SMILES string of the molecule is COc1ccccc1N1CCN(C(=O)c2sc3nc(C)nc(N4CCC(C)CC4)c3c2C)CC1. The third-order valence-electron chi connectivity index (χ3n) is 7.15. The molecule has 5 rings (SSSR count). The van der Waals surface area contributed by atoms with E-state index < -0.39 is 0 Å². The van der Waals surface area contributed by atoms with Crippen molar-refractivity contribution in [2.75, 3.05) is 56.2 Å². The van der Waals surface area contributed by atoms with Gasteiger partial charge < -0.3 is 19.4 Å². The second kappa shape index (κ2) is 9.41. The summed E-state index contributed by atoms with van der Waals surface area (Å²) < 4.78 is 5.53. The lowest BCUT2D eigenvalue weighted by Gasteiger charge is -2.36. The van der Waals surface area contributed by atoms with Crippen LogP contribution >= 0.6 is 11.3 Å². The van der Waals surface area contributed by atoms with Gasteiger partial charge in [-0.1, -0.05) is 19.1 Å². The molecule has 2 aliphatic heterocycles. The molecule has 180 valence electrons. The summed E-state index contributed by atoms with van der Waals surface area (Å²) in [5.41, 5.74) is 2.10. The molecular weight excluding hydrogens is 446 g/mol.